The molecule has 0 bridgehead atoms. The molecule has 0 saturated carbocycles. The number of benzene rings is 2. The number of halogens is 1. The molecule has 1 atom stereocenters. The van der Waals surface area contributed by atoms with E-state index in [4.69, 9.17) is 21.5 Å². The van der Waals surface area contributed by atoms with Crippen LogP contribution in [0.3, 0.4) is 0 Å². The topological polar surface area (TPSA) is 158 Å². The second-order valence-electron chi connectivity index (χ2n) is 7.11. The van der Waals surface area contributed by atoms with Crippen LogP contribution in [0.2, 0.25) is 0 Å². The fraction of sp³-hybridized carbons (Fsp3) is 0.0833. The number of pyridine rings is 1. The fourth-order valence-electron chi connectivity index (χ4n) is 3.50. The molecule has 0 spiro atoms. The molecule has 0 radical (unpaired) electrons. The van der Waals surface area contributed by atoms with Crippen LogP contribution in [0.15, 0.2) is 47.5 Å². The standard InChI is InChI=1S/C24H17FN8O/c1-34-16-7-3-13(4-8-16)2-5-14-10-15(25)6-9-17(14)21-19-20(28)18(11-26)22(29)32-23(19)33-24(31-21)30-12-27/h3-4,6-10,21H,1H3,(H6,28,29,30,31,32,33). The molecule has 1 aliphatic rings. The Bertz CT molecular complexity index is 1460. The molecule has 2 heterocycles. The number of guanidine groups is 1. The largest absolute Gasteiger partial charge is 0.497 e. The summed E-state index contributed by atoms with van der Waals surface area (Å²) in [5, 5.41) is 23.8. The lowest BCUT2D eigenvalue weighted by Crippen LogP contribution is -2.33. The van der Waals surface area contributed by atoms with Crippen LogP contribution in [0.5, 0.6) is 5.75 Å². The van der Waals surface area contributed by atoms with Gasteiger partial charge in [-0.2, -0.15) is 10.5 Å². The molecule has 4 rings (SSSR count). The molecule has 1 aliphatic heterocycles. The van der Waals surface area contributed by atoms with E-state index in [1.54, 1.807) is 37.6 Å². The Labute approximate surface area is 194 Å². The summed E-state index contributed by atoms with van der Waals surface area (Å²) >= 11 is 0. The highest BCUT2D eigenvalue weighted by Crippen LogP contribution is 2.41. The second kappa shape index (κ2) is 9.07. The SMILES string of the molecule is COc1ccc(C#Cc2cc(F)ccc2C2N=C(NC#N)Nc3nc(N)c(C#N)c(N)c32)cc1. The quantitative estimate of drug-likeness (QED) is 0.262. The molecule has 0 amide bonds. The minimum Gasteiger partial charge on any atom is -0.497 e. The van der Waals surface area contributed by atoms with Gasteiger partial charge in [0.25, 0.3) is 0 Å². The Balaban J connectivity index is 1.89. The predicted molar refractivity (Wildman–Crippen MR) is 125 cm³/mol. The molecule has 0 aliphatic carbocycles. The van der Waals surface area contributed by atoms with Gasteiger partial charge in [0, 0.05) is 16.7 Å². The first-order chi connectivity index (χ1) is 16.4. The maximum atomic E-state index is 14.2. The zero-order valence-corrected chi connectivity index (χ0v) is 17.8. The van der Waals surface area contributed by atoms with Crippen LogP contribution in [0.1, 0.15) is 33.9 Å². The average Bonchev–Trinajstić information content (AvgIpc) is 2.83. The van der Waals surface area contributed by atoms with Gasteiger partial charge in [-0.1, -0.05) is 17.9 Å². The first-order valence-electron chi connectivity index (χ1n) is 9.89. The number of hydrogen-bond donors (Lipinski definition) is 4. The number of nitrogens with one attached hydrogen (secondary N) is 2. The molecule has 0 saturated heterocycles. The number of nitrogens with zero attached hydrogens (tertiary/aromatic N) is 4. The third-order valence-corrected chi connectivity index (χ3v) is 5.10. The van der Waals surface area contributed by atoms with Crippen LogP contribution in [0.25, 0.3) is 0 Å². The van der Waals surface area contributed by atoms with E-state index in [2.05, 4.69) is 32.5 Å². The van der Waals surface area contributed by atoms with Gasteiger partial charge in [0.15, 0.2) is 6.19 Å². The van der Waals surface area contributed by atoms with Crippen LogP contribution in [0.4, 0.5) is 21.7 Å². The maximum absolute atomic E-state index is 14.2. The minimum atomic E-state index is -0.840. The van der Waals surface area contributed by atoms with E-state index in [0.29, 0.717) is 28.0 Å². The van der Waals surface area contributed by atoms with Gasteiger partial charge < -0.3 is 21.5 Å². The number of methoxy groups -OCH3 is 1. The van der Waals surface area contributed by atoms with Gasteiger partial charge in [0.2, 0.25) is 5.96 Å². The monoisotopic (exact) mass is 452 g/mol. The molecule has 10 heteroatoms. The van der Waals surface area contributed by atoms with Crippen molar-refractivity contribution in [1.29, 1.82) is 10.5 Å². The highest BCUT2D eigenvalue weighted by molar-refractivity contribution is 5.98. The summed E-state index contributed by atoms with van der Waals surface area (Å²) in [6.45, 7) is 0. The van der Waals surface area contributed by atoms with E-state index in [1.165, 1.54) is 18.2 Å². The molecule has 0 fully saturated rings. The number of aromatic nitrogens is 1. The molecule has 3 aromatic rings. The molecule has 6 N–H and O–H groups in total. The Morgan fingerprint density at radius 3 is 2.56 bits per heavy atom. The molecule has 9 nitrogen and oxygen atoms in total. The lowest BCUT2D eigenvalue weighted by Gasteiger charge is -2.26. The first kappa shape index (κ1) is 21.9. The fourth-order valence-corrected chi connectivity index (χ4v) is 3.50. The number of fused-ring (bicyclic) bond motifs is 1. The van der Waals surface area contributed by atoms with E-state index >= 15 is 0 Å². The molecule has 2 aromatic carbocycles. The molecule has 34 heavy (non-hydrogen) atoms. The van der Waals surface area contributed by atoms with Crippen molar-refractivity contribution < 1.29 is 9.13 Å². The number of hydrogen-bond acceptors (Lipinski definition) is 9. The van der Waals surface area contributed by atoms with Gasteiger partial charge in [-0.25, -0.2) is 14.4 Å². The van der Waals surface area contributed by atoms with Crippen LogP contribution in [-0.4, -0.2) is 18.1 Å². The van der Waals surface area contributed by atoms with Crippen molar-refractivity contribution in [3.05, 3.63) is 76.1 Å². The van der Waals surface area contributed by atoms with E-state index < -0.39 is 11.9 Å². The van der Waals surface area contributed by atoms with Gasteiger partial charge in [-0.05, 0) is 42.0 Å². The molecule has 166 valence electrons. The van der Waals surface area contributed by atoms with Gasteiger partial charge >= 0.3 is 0 Å². The summed E-state index contributed by atoms with van der Waals surface area (Å²) in [4.78, 5) is 8.73. The summed E-state index contributed by atoms with van der Waals surface area (Å²) in [5.74, 6) is 6.44. The van der Waals surface area contributed by atoms with Crippen molar-refractivity contribution in [3.8, 4) is 29.9 Å². The predicted octanol–water partition coefficient (Wildman–Crippen LogP) is 2.61. The summed E-state index contributed by atoms with van der Waals surface area (Å²) in [7, 11) is 1.57. The van der Waals surface area contributed by atoms with Crippen LogP contribution in [-0.2, 0) is 0 Å². The van der Waals surface area contributed by atoms with Crippen molar-refractivity contribution in [3.63, 3.8) is 0 Å². The van der Waals surface area contributed by atoms with Crippen molar-refractivity contribution in [1.82, 2.24) is 10.3 Å². The van der Waals surface area contributed by atoms with Crippen LogP contribution < -0.4 is 26.8 Å². The zero-order valence-electron chi connectivity index (χ0n) is 17.8. The Morgan fingerprint density at radius 2 is 1.88 bits per heavy atom. The normalized spacial score (nSPS) is 13.6. The summed E-state index contributed by atoms with van der Waals surface area (Å²) in [6, 6.07) is 12.3. The summed E-state index contributed by atoms with van der Waals surface area (Å²) < 4.78 is 19.3. The lowest BCUT2D eigenvalue weighted by molar-refractivity contribution is 0.415. The van der Waals surface area contributed by atoms with Crippen LogP contribution >= 0.6 is 0 Å². The third kappa shape index (κ3) is 4.10. The van der Waals surface area contributed by atoms with Gasteiger partial charge in [-0.15, -0.1) is 0 Å². The lowest BCUT2D eigenvalue weighted by atomic mass is 9.92. The van der Waals surface area contributed by atoms with Gasteiger partial charge in [0.05, 0.1) is 12.8 Å². The molecule has 1 unspecified atom stereocenters. The summed E-state index contributed by atoms with van der Waals surface area (Å²) in [6.07, 6.45) is 1.79. The number of ether oxygens (including phenoxy) is 1. The Kier molecular flexibility index (Phi) is 5.86. The van der Waals surface area contributed by atoms with E-state index in [1.807, 2.05) is 6.07 Å². The number of nitrogens with two attached hydrogens (primary N) is 2. The zero-order chi connectivity index (χ0) is 24.2. The molecule has 1 aromatic heterocycles. The van der Waals surface area contributed by atoms with Crippen molar-refractivity contribution >= 4 is 23.3 Å². The average molecular weight is 452 g/mol. The van der Waals surface area contributed by atoms with E-state index in [-0.39, 0.29) is 28.8 Å². The number of anilines is 3. The van der Waals surface area contributed by atoms with Crippen molar-refractivity contribution in [2.45, 2.75) is 6.04 Å². The van der Waals surface area contributed by atoms with E-state index in [9.17, 15) is 9.65 Å². The highest BCUT2D eigenvalue weighted by Gasteiger charge is 2.30. The molecular weight excluding hydrogens is 435 g/mol. The number of nitrogen functional groups attached to an aromatic ring is 2. The minimum absolute atomic E-state index is 0.00502. The summed E-state index contributed by atoms with van der Waals surface area (Å²) in [5.41, 5.74) is 14.2. The van der Waals surface area contributed by atoms with E-state index in [0.717, 1.165) is 0 Å². The van der Waals surface area contributed by atoms with Crippen LogP contribution in [0, 0.1) is 40.4 Å². The number of aliphatic imine (C=N–C) groups is 1. The van der Waals surface area contributed by atoms with Gasteiger partial charge in [-0.3, -0.25) is 5.32 Å². The highest BCUT2D eigenvalue weighted by atomic mass is 19.1. The van der Waals surface area contributed by atoms with Crippen molar-refractivity contribution in [2.24, 2.45) is 4.99 Å². The number of rotatable bonds is 2. The maximum Gasteiger partial charge on any atom is 0.211 e. The molecular formula is C24H17FN8O. The van der Waals surface area contributed by atoms with Gasteiger partial charge in [0.1, 0.15) is 40.9 Å². The smallest absolute Gasteiger partial charge is 0.211 e. The first-order valence-corrected chi connectivity index (χ1v) is 9.89. The third-order valence-electron chi connectivity index (χ3n) is 5.10. The second-order valence-corrected chi connectivity index (χ2v) is 7.11. The Morgan fingerprint density at radius 1 is 1.12 bits per heavy atom. The number of nitriles is 2. The Hall–Kier alpha value is -5.27. The van der Waals surface area contributed by atoms with Crippen molar-refractivity contribution in [2.75, 3.05) is 23.9 Å².